The Bertz CT molecular complexity index is 455. The molecule has 0 bridgehead atoms. The van der Waals surface area contributed by atoms with E-state index < -0.39 is 0 Å². The van der Waals surface area contributed by atoms with Gasteiger partial charge in [-0.2, -0.15) is 11.8 Å². The summed E-state index contributed by atoms with van der Waals surface area (Å²) in [6.45, 7) is 13.2. The molecule has 6 heteroatoms. The first-order chi connectivity index (χ1) is 13.2. The van der Waals surface area contributed by atoms with Gasteiger partial charge in [-0.15, -0.1) is 0 Å². The number of imide groups is 1. The maximum absolute atomic E-state index is 12.3. The van der Waals surface area contributed by atoms with Crippen molar-refractivity contribution < 1.29 is 14.4 Å². The number of carbonyl (C=O) groups is 3. The van der Waals surface area contributed by atoms with Gasteiger partial charge in [-0.05, 0) is 43.3 Å². The van der Waals surface area contributed by atoms with Crippen LogP contribution in [0.2, 0.25) is 0 Å². The fourth-order valence-electron chi connectivity index (χ4n) is 2.93. The van der Waals surface area contributed by atoms with Gasteiger partial charge in [-0.25, -0.2) is 0 Å². The molecular formula is C22H42N2O3S. The van der Waals surface area contributed by atoms with Gasteiger partial charge in [0.2, 0.25) is 18.2 Å². The van der Waals surface area contributed by atoms with Crippen molar-refractivity contribution in [2.75, 3.05) is 12.3 Å². The molecule has 0 aliphatic carbocycles. The molecular weight excluding hydrogens is 372 g/mol. The molecule has 0 rings (SSSR count). The average Bonchev–Trinajstić information content (AvgIpc) is 2.61. The number of unbranched alkanes of at least 4 members (excludes halogenated alkanes) is 2. The highest BCUT2D eigenvalue weighted by Crippen LogP contribution is 2.18. The molecule has 3 amide bonds. The first-order valence-electron chi connectivity index (χ1n) is 10.9. The standard InChI is InChI=1S/C22H42N2O3S/c1-7-20(18(4)5)23-21(26)11-9-8-10-13-24(16-25)22(27)15-19(6)28-14-12-17(2)3/h16-20H,7-15H2,1-6H3,(H,23,26). The fraction of sp³-hybridized carbons (Fsp3) is 0.864. The van der Waals surface area contributed by atoms with Crippen LogP contribution in [0.5, 0.6) is 0 Å². The SMILES string of the molecule is CCC(NC(=O)CCCCCN(C=O)C(=O)CC(C)SCCC(C)C)C(C)C. The smallest absolute Gasteiger partial charge is 0.230 e. The molecule has 2 atom stereocenters. The third kappa shape index (κ3) is 13.2. The van der Waals surface area contributed by atoms with Crippen LogP contribution in [-0.4, -0.2) is 46.7 Å². The Morgan fingerprint density at radius 2 is 1.75 bits per heavy atom. The second-order valence-corrected chi connectivity index (χ2v) is 9.94. The third-order valence-electron chi connectivity index (χ3n) is 4.90. The van der Waals surface area contributed by atoms with Crippen molar-refractivity contribution in [3.63, 3.8) is 0 Å². The maximum Gasteiger partial charge on any atom is 0.230 e. The van der Waals surface area contributed by atoms with Gasteiger partial charge in [-0.3, -0.25) is 19.3 Å². The van der Waals surface area contributed by atoms with Gasteiger partial charge in [0.15, 0.2) is 0 Å². The van der Waals surface area contributed by atoms with Gasteiger partial charge in [0.05, 0.1) is 0 Å². The van der Waals surface area contributed by atoms with E-state index in [1.54, 1.807) is 11.8 Å². The molecule has 0 radical (unpaired) electrons. The minimum Gasteiger partial charge on any atom is -0.353 e. The van der Waals surface area contributed by atoms with Gasteiger partial charge >= 0.3 is 0 Å². The topological polar surface area (TPSA) is 66.5 Å². The van der Waals surface area contributed by atoms with Crippen LogP contribution in [0.3, 0.4) is 0 Å². The van der Waals surface area contributed by atoms with E-state index in [2.05, 4.69) is 39.9 Å². The lowest BCUT2D eigenvalue weighted by Crippen LogP contribution is -2.37. The highest BCUT2D eigenvalue weighted by molar-refractivity contribution is 7.99. The van der Waals surface area contributed by atoms with Crippen molar-refractivity contribution in [2.24, 2.45) is 11.8 Å². The molecule has 0 aromatic rings. The summed E-state index contributed by atoms with van der Waals surface area (Å²) < 4.78 is 0. The molecule has 0 aromatic heterocycles. The first kappa shape index (κ1) is 27.0. The van der Waals surface area contributed by atoms with E-state index in [0.29, 0.717) is 37.6 Å². The van der Waals surface area contributed by atoms with Crippen LogP contribution in [0.4, 0.5) is 0 Å². The molecule has 0 aliphatic rings. The molecule has 0 saturated carbocycles. The van der Waals surface area contributed by atoms with Crippen LogP contribution >= 0.6 is 11.8 Å². The molecule has 28 heavy (non-hydrogen) atoms. The molecule has 0 heterocycles. The molecule has 2 unspecified atom stereocenters. The quantitative estimate of drug-likeness (QED) is 0.295. The Labute approximate surface area is 176 Å². The van der Waals surface area contributed by atoms with E-state index in [4.69, 9.17) is 0 Å². The summed E-state index contributed by atoms with van der Waals surface area (Å²) in [6.07, 6.45) is 5.99. The second kappa shape index (κ2) is 15.8. The number of hydrogen-bond acceptors (Lipinski definition) is 4. The van der Waals surface area contributed by atoms with E-state index in [9.17, 15) is 14.4 Å². The summed E-state index contributed by atoms with van der Waals surface area (Å²) in [5, 5.41) is 3.31. The Kier molecular flexibility index (Phi) is 15.2. The van der Waals surface area contributed by atoms with Crippen molar-refractivity contribution in [2.45, 2.75) is 97.8 Å². The van der Waals surface area contributed by atoms with E-state index in [-0.39, 0.29) is 23.1 Å². The Balaban J connectivity index is 4.02. The van der Waals surface area contributed by atoms with Gasteiger partial charge in [-0.1, -0.05) is 48.0 Å². The van der Waals surface area contributed by atoms with Crippen LogP contribution in [0.25, 0.3) is 0 Å². The zero-order valence-corrected chi connectivity index (χ0v) is 19.6. The van der Waals surface area contributed by atoms with Crippen LogP contribution in [0.15, 0.2) is 0 Å². The van der Waals surface area contributed by atoms with Crippen LogP contribution < -0.4 is 5.32 Å². The number of amides is 3. The van der Waals surface area contributed by atoms with Crippen molar-refractivity contribution in [3.05, 3.63) is 0 Å². The number of nitrogens with one attached hydrogen (secondary N) is 1. The summed E-state index contributed by atoms with van der Waals surface area (Å²) in [6, 6.07) is 0.232. The number of thioether (sulfide) groups is 1. The summed E-state index contributed by atoms with van der Waals surface area (Å²) in [5.74, 6) is 2.15. The maximum atomic E-state index is 12.3. The average molecular weight is 415 g/mol. The first-order valence-corrected chi connectivity index (χ1v) is 11.9. The zero-order chi connectivity index (χ0) is 21.5. The number of hydrogen-bond donors (Lipinski definition) is 1. The van der Waals surface area contributed by atoms with Crippen molar-refractivity contribution in [1.29, 1.82) is 0 Å². The normalized spacial score (nSPS) is 13.4. The number of nitrogens with zero attached hydrogens (tertiary/aromatic N) is 1. The Morgan fingerprint density at radius 3 is 2.29 bits per heavy atom. The largest absolute Gasteiger partial charge is 0.353 e. The second-order valence-electron chi connectivity index (χ2n) is 8.40. The van der Waals surface area contributed by atoms with Gasteiger partial charge in [0.1, 0.15) is 0 Å². The predicted molar refractivity (Wildman–Crippen MR) is 119 cm³/mol. The molecule has 164 valence electrons. The van der Waals surface area contributed by atoms with E-state index in [0.717, 1.165) is 37.9 Å². The lowest BCUT2D eigenvalue weighted by atomic mass is 10.0. The van der Waals surface area contributed by atoms with E-state index in [1.807, 2.05) is 6.92 Å². The third-order valence-corrected chi connectivity index (χ3v) is 6.11. The highest BCUT2D eigenvalue weighted by Gasteiger charge is 2.17. The van der Waals surface area contributed by atoms with Gasteiger partial charge < -0.3 is 5.32 Å². The summed E-state index contributed by atoms with van der Waals surface area (Å²) in [7, 11) is 0. The van der Waals surface area contributed by atoms with E-state index >= 15 is 0 Å². The summed E-state index contributed by atoms with van der Waals surface area (Å²) in [5.41, 5.74) is 0. The monoisotopic (exact) mass is 414 g/mol. The number of rotatable bonds is 16. The minimum atomic E-state index is -0.0972. The zero-order valence-electron chi connectivity index (χ0n) is 18.8. The van der Waals surface area contributed by atoms with Crippen molar-refractivity contribution in [3.8, 4) is 0 Å². The predicted octanol–water partition coefficient (Wildman–Crippen LogP) is 4.64. The molecule has 0 fully saturated rings. The fourth-order valence-corrected chi connectivity index (χ4v) is 4.20. The van der Waals surface area contributed by atoms with Crippen LogP contribution in [-0.2, 0) is 14.4 Å². The van der Waals surface area contributed by atoms with Gasteiger partial charge in [0.25, 0.3) is 0 Å². The molecule has 0 spiro atoms. The molecule has 0 saturated heterocycles. The van der Waals surface area contributed by atoms with Crippen LogP contribution in [0.1, 0.15) is 86.5 Å². The molecule has 5 nitrogen and oxygen atoms in total. The Hall–Kier alpha value is -1.04. The minimum absolute atomic E-state index is 0.0936. The molecule has 1 N–H and O–H groups in total. The Morgan fingerprint density at radius 1 is 1.07 bits per heavy atom. The lowest BCUT2D eigenvalue weighted by Gasteiger charge is -2.20. The molecule has 0 aromatic carbocycles. The van der Waals surface area contributed by atoms with Crippen LogP contribution in [0, 0.1) is 11.8 Å². The van der Waals surface area contributed by atoms with Crippen molar-refractivity contribution in [1.82, 2.24) is 10.2 Å². The summed E-state index contributed by atoms with van der Waals surface area (Å²) in [4.78, 5) is 36.8. The summed E-state index contributed by atoms with van der Waals surface area (Å²) >= 11 is 1.80. The van der Waals surface area contributed by atoms with Crippen molar-refractivity contribution >= 4 is 30.0 Å². The number of carbonyl (C=O) groups excluding carboxylic acids is 3. The van der Waals surface area contributed by atoms with Gasteiger partial charge in [0, 0.05) is 30.7 Å². The molecule has 0 aliphatic heterocycles. The lowest BCUT2D eigenvalue weighted by molar-refractivity contribution is -0.138. The highest BCUT2D eigenvalue weighted by atomic mass is 32.2. The van der Waals surface area contributed by atoms with E-state index in [1.165, 1.54) is 4.90 Å².